The maximum absolute atomic E-state index is 4.37. The lowest BCUT2D eigenvalue weighted by Crippen LogP contribution is -2.25. The first-order valence-corrected chi connectivity index (χ1v) is 8.21. The van der Waals surface area contributed by atoms with Gasteiger partial charge in [-0.05, 0) is 65.6 Å². The fraction of sp³-hybridized carbons (Fsp3) is 0.462. The molecule has 0 amide bonds. The number of aromatic nitrogens is 2. The molecule has 0 aliphatic heterocycles. The average molecular weight is 375 g/mol. The Labute approximate surface area is 126 Å². The molecule has 18 heavy (non-hydrogen) atoms. The van der Waals surface area contributed by atoms with Crippen molar-refractivity contribution in [3.05, 3.63) is 37.9 Å². The molecule has 1 unspecified atom stereocenters. The smallest absolute Gasteiger partial charge is 0.0756 e. The molecule has 2 aromatic heterocycles. The summed E-state index contributed by atoms with van der Waals surface area (Å²) in [5, 5.41) is 10.2. The molecule has 2 aromatic rings. The minimum atomic E-state index is 0.257. The molecule has 0 spiro atoms. The van der Waals surface area contributed by atoms with Crippen LogP contribution in [-0.2, 0) is 6.54 Å². The van der Waals surface area contributed by atoms with Crippen LogP contribution in [0, 0.1) is 2.88 Å². The van der Waals surface area contributed by atoms with Gasteiger partial charge in [-0.15, -0.1) is 11.3 Å². The summed E-state index contributed by atoms with van der Waals surface area (Å²) in [6, 6.07) is 4.62. The minimum absolute atomic E-state index is 0.257. The molecular weight excluding hydrogens is 357 g/mol. The van der Waals surface area contributed by atoms with Crippen LogP contribution in [0.15, 0.2) is 23.7 Å². The second-order valence-corrected chi connectivity index (χ2v) is 6.95. The molecule has 98 valence electrons. The van der Waals surface area contributed by atoms with E-state index >= 15 is 0 Å². The summed E-state index contributed by atoms with van der Waals surface area (Å²) in [5.41, 5.74) is 2.59. The highest BCUT2D eigenvalue weighted by molar-refractivity contribution is 14.1. The number of nitrogens with one attached hydrogen (secondary N) is 1. The summed E-state index contributed by atoms with van der Waals surface area (Å²) in [5.74, 6) is 0. The van der Waals surface area contributed by atoms with E-state index in [1.54, 1.807) is 11.3 Å². The van der Waals surface area contributed by atoms with Gasteiger partial charge in [-0.3, -0.25) is 4.68 Å². The van der Waals surface area contributed by atoms with Crippen molar-refractivity contribution in [2.75, 3.05) is 6.54 Å². The Balaban J connectivity index is 2.30. The summed E-state index contributed by atoms with van der Waals surface area (Å²) in [7, 11) is 0. The number of thiophene rings is 1. The summed E-state index contributed by atoms with van der Waals surface area (Å²) < 4.78 is 3.39. The molecule has 2 rings (SSSR count). The highest BCUT2D eigenvalue weighted by Gasteiger charge is 2.18. The third-order valence-corrected chi connectivity index (χ3v) is 4.67. The van der Waals surface area contributed by atoms with E-state index in [2.05, 4.69) is 69.0 Å². The van der Waals surface area contributed by atoms with Crippen molar-refractivity contribution in [2.45, 2.75) is 32.9 Å². The molecule has 0 saturated heterocycles. The fourth-order valence-corrected chi connectivity index (χ4v) is 3.41. The Hall–Kier alpha value is -0.400. The van der Waals surface area contributed by atoms with Crippen LogP contribution in [0.5, 0.6) is 0 Å². The second-order valence-electron chi connectivity index (χ2n) is 4.14. The SMILES string of the molecule is CCCNC(c1csc(I)c1)c1ccnn1CC. The Morgan fingerprint density at radius 2 is 2.33 bits per heavy atom. The molecule has 5 heteroatoms. The zero-order valence-electron chi connectivity index (χ0n) is 10.7. The van der Waals surface area contributed by atoms with Crippen LogP contribution in [0.3, 0.4) is 0 Å². The van der Waals surface area contributed by atoms with Gasteiger partial charge in [0.1, 0.15) is 0 Å². The van der Waals surface area contributed by atoms with E-state index in [-0.39, 0.29) is 6.04 Å². The van der Waals surface area contributed by atoms with Crippen molar-refractivity contribution >= 4 is 33.9 Å². The number of nitrogens with zero attached hydrogens (tertiary/aromatic N) is 2. The van der Waals surface area contributed by atoms with Crippen LogP contribution in [0.25, 0.3) is 0 Å². The lowest BCUT2D eigenvalue weighted by molar-refractivity contribution is 0.530. The van der Waals surface area contributed by atoms with Gasteiger partial charge in [0.2, 0.25) is 0 Å². The van der Waals surface area contributed by atoms with Crippen molar-refractivity contribution in [1.82, 2.24) is 15.1 Å². The summed E-state index contributed by atoms with van der Waals surface area (Å²) >= 11 is 4.17. The van der Waals surface area contributed by atoms with Crippen LogP contribution in [0.4, 0.5) is 0 Å². The van der Waals surface area contributed by atoms with Crippen LogP contribution in [0.1, 0.15) is 37.6 Å². The van der Waals surface area contributed by atoms with E-state index in [4.69, 9.17) is 0 Å². The van der Waals surface area contributed by atoms with E-state index in [0.29, 0.717) is 0 Å². The third-order valence-electron chi connectivity index (χ3n) is 2.86. The zero-order chi connectivity index (χ0) is 13.0. The van der Waals surface area contributed by atoms with Gasteiger partial charge in [0, 0.05) is 12.7 Å². The topological polar surface area (TPSA) is 29.9 Å². The normalized spacial score (nSPS) is 12.8. The van der Waals surface area contributed by atoms with E-state index in [1.165, 1.54) is 14.1 Å². The van der Waals surface area contributed by atoms with Gasteiger partial charge >= 0.3 is 0 Å². The van der Waals surface area contributed by atoms with Gasteiger partial charge in [0.05, 0.1) is 14.6 Å². The lowest BCUT2D eigenvalue weighted by Gasteiger charge is -2.18. The van der Waals surface area contributed by atoms with Gasteiger partial charge in [0.25, 0.3) is 0 Å². The molecule has 2 heterocycles. The summed E-state index contributed by atoms with van der Waals surface area (Å²) in [6.07, 6.45) is 3.02. The Bertz CT molecular complexity index is 492. The van der Waals surface area contributed by atoms with Crippen LogP contribution in [0.2, 0.25) is 0 Å². The van der Waals surface area contributed by atoms with Crippen molar-refractivity contribution in [3.63, 3.8) is 0 Å². The third kappa shape index (κ3) is 3.13. The number of aryl methyl sites for hydroxylation is 1. The van der Waals surface area contributed by atoms with Crippen LogP contribution >= 0.6 is 33.9 Å². The van der Waals surface area contributed by atoms with E-state index in [1.807, 2.05) is 6.20 Å². The number of hydrogen-bond acceptors (Lipinski definition) is 3. The van der Waals surface area contributed by atoms with Crippen molar-refractivity contribution < 1.29 is 0 Å². The van der Waals surface area contributed by atoms with Gasteiger partial charge in [-0.2, -0.15) is 5.10 Å². The molecule has 0 radical (unpaired) electrons. The first-order valence-electron chi connectivity index (χ1n) is 6.25. The number of halogens is 1. The molecule has 0 aliphatic rings. The molecule has 0 bridgehead atoms. The monoisotopic (exact) mass is 375 g/mol. The molecular formula is C13H18IN3S. The summed E-state index contributed by atoms with van der Waals surface area (Å²) in [4.78, 5) is 0. The number of hydrogen-bond donors (Lipinski definition) is 1. The standard InChI is InChI=1S/C13H18IN3S/c1-3-6-15-13(10-8-12(14)18-9-10)11-5-7-16-17(11)4-2/h5,7-9,13,15H,3-4,6H2,1-2H3. The number of rotatable bonds is 6. The quantitative estimate of drug-likeness (QED) is 0.781. The van der Waals surface area contributed by atoms with E-state index in [9.17, 15) is 0 Å². The highest BCUT2D eigenvalue weighted by Crippen LogP contribution is 2.27. The molecule has 0 saturated carbocycles. The predicted molar refractivity (Wildman–Crippen MR) is 85.1 cm³/mol. The first-order chi connectivity index (χ1) is 8.76. The predicted octanol–water partition coefficient (Wildman–Crippen LogP) is 3.66. The molecule has 1 atom stereocenters. The van der Waals surface area contributed by atoms with Gasteiger partial charge in [-0.25, -0.2) is 0 Å². The zero-order valence-corrected chi connectivity index (χ0v) is 13.7. The summed E-state index contributed by atoms with van der Waals surface area (Å²) in [6.45, 7) is 6.25. The molecule has 0 fully saturated rings. The maximum atomic E-state index is 4.37. The van der Waals surface area contributed by atoms with Gasteiger partial charge < -0.3 is 5.32 Å². The Kier molecular flexibility index (Phi) is 5.20. The lowest BCUT2D eigenvalue weighted by atomic mass is 10.1. The molecule has 3 nitrogen and oxygen atoms in total. The Morgan fingerprint density at radius 3 is 2.94 bits per heavy atom. The molecule has 0 aromatic carbocycles. The second kappa shape index (κ2) is 6.68. The Morgan fingerprint density at radius 1 is 1.50 bits per heavy atom. The van der Waals surface area contributed by atoms with Crippen LogP contribution in [-0.4, -0.2) is 16.3 Å². The van der Waals surface area contributed by atoms with Gasteiger partial charge in [0.15, 0.2) is 0 Å². The van der Waals surface area contributed by atoms with Crippen LogP contribution < -0.4 is 5.32 Å². The molecule has 0 aliphatic carbocycles. The highest BCUT2D eigenvalue weighted by atomic mass is 127. The molecule has 1 N–H and O–H groups in total. The average Bonchev–Trinajstić information content (AvgIpc) is 2.99. The van der Waals surface area contributed by atoms with Crippen molar-refractivity contribution in [3.8, 4) is 0 Å². The van der Waals surface area contributed by atoms with E-state index in [0.717, 1.165) is 19.5 Å². The van der Waals surface area contributed by atoms with Crippen molar-refractivity contribution in [1.29, 1.82) is 0 Å². The minimum Gasteiger partial charge on any atom is -0.305 e. The van der Waals surface area contributed by atoms with Crippen molar-refractivity contribution in [2.24, 2.45) is 0 Å². The fourth-order valence-electron chi connectivity index (χ4n) is 2.01. The van der Waals surface area contributed by atoms with E-state index < -0.39 is 0 Å². The van der Waals surface area contributed by atoms with Gasteiger partial charge in [-0.1, -0.05) is 6.92 Å². The first kappa shape index (κ1) is 14.0. The maximum Gasteiger partial charge on any atom is 0.0756 e. The largest absolute Gasteiger partial charge is 0.305 e.